The van der Waals surface area contributed by atoms with E-state index in [1.54, 1.807) is 6.07 Å². The van der Waals surface area contributed by atoms with E-state index in [1.165, 1.54) is 6.07 Å². The number of halogens is 1. The van der Waals surface area contributed by atoms with Crippen molar-refractivity contribution < 1.29 is 13.9 Å². The molecule has 1 aliphatic rings. The lowest BCUT2D eigenvalue weighted by Crippen LogP contribution is -2.45. The highest BCUT2D eigenvalue weighted by atomic mass is 19.1. The molecule has 0 saturated carbocycles. The maximum absolute atomic E-state index is 14.8. The van der Waals surface area contributed by atoms with E-state index < -0.39 is 0 Å². The van der Waals surface area contributed by atoms with Crippen LogP contribution in [0, 0.1) is 5.82 Å². The fourth-order valence-electron chi connectivity index (χ4n) is 4.00. The Morgan fingerprint density at radius 3 is 2.47 bits per heavy atom. The van der Waals surface area contributed by atoms with Crippen LogP contribution in [0.2, 0.25) is 0 Å². The Hall–Kier alpha value is -2.44. The highest BCUT2D eigenvalue weighted by Gasteiger charge is 2.25. The minimum absolute atomic E-state index is 0.0672. The third-order valence-electron chi connectivity index (χ3n) is 5.54. The predicted molar refractivity (Wildman–Crippen MR) is 118 cm³/mol. The number of morpholine rings is 1. The summed E-state index contributed by atoms with van der Waals surface area (Å²) in [4.78, 5) is 16.9. The first-order valence-corrected chi connectivity index (χ1v) is 10.6. The summed E-state index contributed by atoms with van der Waals surface area (Å²) in [7, 11) is 1.93. The van der Waals surface area contributed by atoms with E-state index in [9.17, 15) is 9.18 Å². The van der Waals surface area contributed by atoms with Gasteiger partial charge in [0.2, 0.25) is 5.91 Å². The number of hydrogen-bond donors (Lipinski definition) is 1. The van der Waals surface area contributed by atoms with Gasteiger partial charge in [-0.3, -0.25) is 9.69 Å². The van der Waals surface area contributed by atoms with Gasteiger partial charge in [0.15, 0.2) is 0 Å². The van der Waals surface area contributed by atoms with Gasteiger partial charge in [-0.2, -0.15) is 0 Å². The molecule has 2 aromatic rings. The maximum Gasteiger partial charge on any atom is 0.242 e. The Labute approximate surface area is 178 Å². The second-order valence-corrected chi connectivity index (χ2v) is 8.05. The quantitative estimate of drug-likeness (QED) is 0.751. The van der Waals surface area contributed by atoms with Crippen LogP contribution in [0.15, 0.2) is 48.5 Å². The van der Waals surface area contributed by atoms with Gasteiger partial charge in [-0.25, -0.2) is 4.39 Å². The normalized spacial score (nSPS) is 20.3. The predicted octanol–water partition coefficient (Wildman–Crippen LogP) is 3.75. The number of nitrogens with zero attached hydrogens (tertiary/aromatic N) is 2. The van der Waals surface area contributed by atoms with Crippen molar-refractivity contribution in [3.8, 4) is 0 Å². The molecule has 30 heavy (non-hydrogen) atoms. The first kappa shape index (κ1) is 22.2. The number of ether oxygens (including phenoxy) is 1. The van der Waals surface area contributed by atoms with E-state index in [1.807, 2.05) is 74.0 Å². The number of carbonyl (C=O) groups is 1. The number of anilines is 1. The van der Waals surface area contributed by atoms with Gasteiger partial charge in [-0.1, -0.05) is 43.3 Å². The number of rotatable bonds is 7. The molecule has 3 rings (SSSR count). The van der Waals surface area contributed by atoms with Crippen LogP contribution in [0.3, 0.4) is 0 Å². The zero-order valence-electron chi connectivity index (χ0n) is 18.3. The third kappa shape index (κ3) is 5.37. The Morgan fingerprint density at radius 2 is 1.87 bits per heavy atom. The lowest BCUT2D eigenvalue weighted by atomic mass is 10.0. The summed E-state index contributed by atoms with van der Waals surface area (Å²) < 4.78 is 20.6. The first-order valence-electron chi connectivity index (χ1n) is 10.6. The molecule has 1 N–H and O–H groups in total. The van der Waals surface area contributed by atoms with Crippen LogP contribution in [0.4, 0.5) is 10.1 Å². The van der Waals surface area contributed by atoms with Crippen molar-refractivity contribution in [2.24, 2.45) is 0 Å². The second kappa shape index (κ2) is 10.0. The van der Waals surface area contributed by atoms with Crippen molar-refractivity contribution in [2.45, 2.75) is 45.6 Å². The first-order chi connectivity index (χ1) is 14.4. The number of carbonyl (C=O) groups excluding carboxylic acids is 1. The van der Waals surface area contributed by atoms with Crippen LogP contribution < -0.4 is 10.2 Å². The summed E-state index contributed by atoms with van der Waals surface area (Å²) >= 11 is 0. The molecule has 0 spiro atoms. The Kier molecular flexibility index (Phi) is 7.45. The Balaban J connectivity index is 1.67. The van der Waals surface area contributed by atoms with Crippen molar-refractivity contribution in [3.63, 3.8) is 0 Å². The second-order valence-electron chi connectivity index (χ2n) is 8.05. The summed E-state index contributed by atoms with van der Waals surface area (Å²) in [5, 5.41) is 2.97. The standard InChI is InChI=1S/C24H32FN3O2/c1-5-27(4)23(20-9-7-6-8-10-20)24(29)26-14-19-11-12-22(21(25)13-19)28-15-17(2)30-18(3)16-28/h6-13,17-18,23H,5,14-16H2,1-4H3,(H,26,29). The molecule has 3 unspecified atom stereocenters. The van der Waals surface area contributed by atoms with Gasteiger partial charge in [0.1, 0.15) is 11.9 Å². The minimum atomic E-state index is -0.378. The molecule has 1 amide bonds. The van der Waals surface area contributed by atoms with Crippen molar-refractivity contribution in [1.29, 1.82) is 0 Å². The molecule has 1 saturated heterocycles. The number of benzene rings is 2. The van der Waals surface area contributed by atoms with Crippen molar-refractivity contribution >= 4 is 11.6 Å². The number of likely N-dealkylation sites (N-methyl/N-ethyl adjacent to an activating group) is 1. The molecular weight excluding hydrogens is 381 g/mol. The fourth-order valence-corrected chi connectivity index (χ4v) is 4.00. The van der Waals surface area contributed by atoms with Gasteiger partial charge in [-0.15, -0.1) is 0 Å². The zero-order valence-corrected chi connectivity index (χ0v) is 18.3. The highest BCUT2D eigenvalue weighted by molar-refractivity contribution is 5.83. The van der Waals surface area contributed by atoms with E-state index >= 15 is 0 Å². The molecule has 0 radical (unpaired) electrons. The Bertz CT molecular complexity index is 836. The van der Waals surface area contributed by atoms with E-state index in [0.717, 1.165) is 17.7 Å². The summed E-state index contributed by atoms with van der Waals surface area (Å²) in [5.74, 6) is -0.362. The third-order valence-corrected chi connectivity index (χ3v) is 5.54. The maximum atomic E-state index is 14.8. The Morgan fingerprint density at radius 1 is 1.20 bits per heavy atom. The fraction of sp³-hybridized carbons (Fsp3) is 0.458. The molecular formula is C24H32FN3O2. The monoisotopic (exact) mass is 413 g/mol. The molecule has 2 aromatic carbocycles. The molecule has 0 aliphatic carbocycles. The minimum Gasteiger partial charge on any atom is -0.372 e. The molecule has 5 nitrogen and oxygen atoms in total. The van der Waals surface area contributed by atoms with Gasteiger partial charge in [0.05, 0.1) is 17.9 Å². The number of amides is 1. The largest absolute Gasteiger partial charge is 0.372 e. The number of hydrogen-bond acceptors (Lipinski definition) is 4. The van der Waals surface area contributed by atoms with E-state index in [-0.39, 0.29) is 36.5 Å². The molecule has 3 atom stereocenters. The molecule has 6 heteroatoms. The van der Waals surface area contributed by atoms with Gasteiger partial charge >= 0.3 is 0 Å². The molecule has 1 aliphatic heterocycles. The van der Waals surface area contributed by atoms with Crippen molar-refractivity contribution in [3.05, 3.63) is 65.5 Å². The van der Waals surface area contributed by atoms with Gasteiger partial charge in [0.25, 0.3) is 0 Å². The highest BCUT2D eigenvalue weighted by Crippen LogP contribution is 2.25. The number of nitrogens with one attached hydrogen (secondary N) is 1. The molecule has 0 aromatic heterocycles. The average molecular weight is 414 g/mol. The van der Waals surface area contributed by atoms with Crippen molar-refractivity contribution in [2.75, 3.05) is 31.6 Å². The smallest absolute Gasteiger partial charge is 0.242 e. The van der Waals surface area contributed by atoms with Crippen LogP contribution in [0.5, 0.6) is 0 Å². The van der Waals surface area contributed by atoms with Gasteiger partial charge in [0, 0.05) is 19.6 Å². The topological polar surface area (TPSA) is 44.8 Å². The van der Waals surface area contributed by atoms with Crippen LogP contribution in [-0.2, 0) is 16.1 Å². The molecule has 162 valence electrons. The summed E-state index contributed by atoms with van der Waals surface area (Å²) in [6.45, 7) is 8.38. The van der Waals surface area contributed by atoms with Crippen LogP contribution in [-0.4, -0.2) is 49.7 Å². The zero-order chi connectivity index (χ0) is 21.7. The van der Waals surface area contributed by atoms with E-state index in [4.69, 9.17) is 4.74 Å². The van der Waals surface area contributed by atoms with E-state index in [2.05, 4.69) is 5.32 Å². The van der Waals surface area contributed by atoms with Crippen LogP contribution in [0.25, 0.3) is 0 Å². The summed E-state index contributed by atoms with van der Waals surface area (Å²) in [6.07, 6.45) is 0.134. The summed E-state index contributed by atoms with van der Waals surface area (Å²) in [5.41, 5.74) is 2.27. The molecule has 1 heterocycles. The van der Waals surface area contributed by atoms with Crippen molar-refractivity contribution in [1.82, 2.24) is 10.2 Å². The SMILES string of the molecule is CCN(C)C(C(=O)NCc1ccc(N2CC(C)OC(C)C2)c(F)c1)c1ccccc1. The summed E-state index contributed by atoms with van der Waals surface area (Å²) in [6, 6.07) is 14.5. The lowest BCUT2D eigenvalue weighted by Gasteiger charge is -2.37. The van der Waals surface area contributed by atoms with Gasteiger partial charge < -0.3 is 15.0 Å². The van der Waals surface area contributed by atoms with Gasteiger partial charge in [-0.05, 0) is 50.7 Å². The van der Waals surface area contributed by atoms with Crippen LogP contribution in [0.1, 0.15) is 37.9 Å². The molecule has 0 bridgehead atoms. The molecule has 1 fully saturated rings. The lowest BCUT2D eigenvalue weighted by molar-refractivity contribution is -0.126. The van der Waals surface area contributed by atoms with E-state index in [0.29, 0.717) is 18.8 Å². The average Bonchev–Trinajstić information content (AvgIpc) is 2.72. The van der Waals surface area contributed by atoms with Crippen LogP contribution >= 0.6 is 0 Å².